The second-order valence-electron chi connectivity index (χ2n) is 4.80. The number of hydrogen-bond acceptors (Lipinski definition) is 3. The summed E-state index contributed by atoms with van der Waals surface area (Å²) >= 11 is 3.07. The molecule has 1 fully saturated rings. The predicted octanol–water partition coefficient (Wildman–Crippen LogP) is 4.47. The van der Waals surface area contributed by atoms with E-state index in [0.29, 0.717) is 0 Å². The lowest BCUT2D eigenvalue weighted by Gasteiger charge is -2.24. The molecule has 0 radical (unpaired) electrons. The molecule has 1 amide bonds. The molecule has 114 valence electrons. The Morgan fingerprint density at radius 2 is 1.91 bits per heavy atom. The van der Waals surface area contributed by atoms with Crippen LogP contribution in [0.25, 0.3) is 0 Å². The topological polar surface area (TPSA) is 20.3 Å². The summed E-state index contributed by atoms with van der Waals surface area (Å²) < 4.78 is 27.1. The molecule has 0 spiro atoms. The molecule has 2 aromatic rings. The van der Waals surface area contributed by atoms with E-state index in [1.807, 2.05) is 30.5 Å². The van der Waals surface area contributed by atoms with Crippen LogP contribution in [-0.4, -0.2) is 17.9 Å². The van der Waals surface area contributed by atoms with Gasteiger partial charge in [0.2, 0.25) is 5.91 Å². The van der Waals surface area contributed by atoms with E-state index in [2.05, 4.69) is 0 Å². The lowest BCUT2D eigenvalue weighted by molar-refractivity contribution is -0.115. The zero-order chi connectivity index (χ0) is 15.7. The number of nitrogens with zero attached hydrogens (tertiary/aromatic N) is 1. The van der Waals surface area contributed by atoms with Crippen LogP contribution >= 0.6 is 23.5 Å². The van der Waals surface area contributed by atoms with Crippen LogP contribution in [0.15, 0.2) is 47.4 Å². The summed E-state index contributed by atoms with van der Waals surface area (Å²) in [6.07, 6.45) is 1.99. The van der Waals surface area contributed by atoms with Gasteiger partial charge in [0.1, 0.15) is 17.0 Å². The minimum Gasteiger partial charge on any atom is -0.292 e. The SMILES string of the molecule is CSc1ccc([C@@H]2SCC(=O)N2c2ccc(F)cc2F)cc1. The van der Waals surface area contributed by atoms with Gasteiger partial charge in [-0.3, -0.25) is 9.69 Å². The Morgan fingerprint density at radius 3 is 2.55 bits per heavy atom. The van der Waals surface area contributed by atoms with Gasteiger partial charge >= 0.3 is 0 Å². The first-order valence-electron chi connectivity index (χ1n) is 6.63. The lowest BCUT2D eigenvalue weighted by Crippen LogP contribution is -2.28. The molecule has 1 saturated heterocycles. The molecule has 0 unspecified atom stereocenters. The molecule has 1 aliphatic rings. The Bertz CT molecular complexity index is 706. The second kappa shape index (κ2) is 6.30. The van der Waals surface area contributed by atoms with Gasteiger partial charge in [0.05, 0.1) is 11.4 Å². The van der Waals surface area contributed by atoms with Crippen molar-refractivity contribution >= 4 is 35.1 Å². The van der Waals surface area contributed by atoms with Gasteiger partial charge in [0.25, 0.3) is 0 Å². The fourth-order valence-electron chi connectivity index (χ4n) is 2.38. The fourth-order valence-corrected chi connectivity index (χ4v) is 3.95. The number of thioether (sulfide) groups is 2. The van der Waals surface area contributed by atoms with E-state index < -0.39 is 11.6 Å². The maximum atomic E-state index is 14.0. The maximum absolute atomic E-state index is 14.0. The second-order valence-corrected chi connectivity index (χ2v) is 6.74. The standard InChI is InChI=1S/C16H13F2NOS2/c1-21-12-5-2-10(3-6-12)16-19(15(20)9-22-16)14-7-4-11(17)8-13(14)18/h2-8,16H,9H2,1H3/t16-/m0/s1. The van der Waals surface area contributed by atoms with Crippen LogP contribution in [0.3, 0.4) is 0 Å². The predicted molar refractivity (Wildman–Crippen MR) is 87.3 cm³/mol. The lowest BCUT2D eigenvalue weighted by atomic mass is 10.2. The summed E-state index contributed by atoms with van der Waals surface area (Å²) in [5, 5.41) is -0.289. The first-order chi connectivity index (χ1) is 10.6. The molecule has 0 aromatic heterocycles. The summed E-state index contributed by atoms with van der Waals surface area (Å²) in [5.74, 6) is -1.26. The van der Waals surface area contributed by atoms with Crippen LogP contribution in [0.4, 0.5) is 14.5 Å². The van der Waals surface area contributed by atoms with Crippen molar-refractivity contribution in [3.8, 4) is 0 Å². The van der Waals surface area contributed by atoms with Crippen molar-refractivity contribution in [2.45, 2.75) is 10.3 Å². The summed E-state index contributed by atoms with van der Waals surface area (Å²) in [5.41, 5.74) is 1.05. The molecule has 1 aliphatic heterocycles. The van der Waals surface area contributed by atoms with Crippen molar-refractivity contribution in [3.05, 3.63) is 59.7 Å². The van der Waals surface area contributed by atoms with Gasteiger partial charge < -0.3 is 0 Å². The number of hydrogen-bond donors (Lipinski definition) is 0. The van der Waals surface area contributed by atoms with Gasteiger partial charge in [0, 0.05) is 11.0 Å². The minimum atomic E-state index is -0.721. The van der Waals surface area contributed by atoms with E-state index in [0.717, 1.165) is 16.5 Å². The number of carbonyl (C=O) groups excluding carboxylic acids is 1. The zero-order valence-electron chi connectivity index (χ0n) is 11.8. The van der Waals surface area contributed by atoms with Crippen LogP contribution in [0.1, 0.15) is 10.9 Å². The quantitative estimate of drug-likeness (QED) is 0.771. The van der Waals surface area contributed by atoms with Gasteiger partial charge in [-0.1, -0.05) is 12.1 Å². The molecule has 2 aromatic carbocycles. The summed E-state index contributed by atoms with van der Waals surface area (Å²) in [6, 6.07) is 11.1. The largest absolute Gasteiger partial charge is 0.292 e. The molecule has 2 nitrogen and oxygen atoms in total. The molecular formula is C16H13F2NOS2. The molecule has 6 heteroatoms. The molecule has 0 bridgehead atoms. The average Bonchev–Trinajstić information content (AvgIpc) is 2.89. The highest BCUT2D eigenvalue weighted by Crippen LogP contribution is 2.42. The Kier molecular flexibility index (Phi) is 4.40. The van der Waals surface area contributed by atoms with E-state index in [1.54, 1.807) is 11.8 Å². The number of amides is 1. The Hall–Kier alpha value is -1.53. The summed E-state index contributed by atoms with van der Waals surface area (Å²) in [4.78, 5) is 14.7. The van der Waals surface area contributed by atoms with Crippen molar-refractivity contribution in [1.29, 1.82) is 0 Å². The molecule has 0 aliphatic carbocycles. The van der Waals surface area contributed by atoms with Crippen molar-refractivity contribution in [2.24, 2.45) is 0 Å². The zero-order valence-corrected chi connectivity index (χ0v) is 13.4. The highest BCUT2D eigenvalue weighted by atomic mass is 32.2. The maximum Gasteiger partial charge on any atom is 0.238 e. The minimum absolute atomic E-state index is 0.121. The van der Waals surface area contributed by atoms with Crippen LogP contribution in [0.2, 0.25) is 0 Å². The molecule has 1 atom stereocenters. The Labute approximate surface area is 135 Å². The molecule has 0 saturated carbocycles. The highest BCUT2D eigenvalue weighted by Gasteiger charge is 2.35. The van der Waals surface area contributed by atoms with Crippen LogP contribution in [0, 0.1) is 11.6 Å². The van der Waals surface area contributed by atoms with Crippen molar-refractivity contribution in [3.63, 3.8) is 0 Å². The van der Waals surface area contributed by atoms with Crippen LogP contribution < -0.4 is 4.90 Å². The van der Waals surface area contributed by atoms with Crippen molar-refractivity contribution in [1.82, 2.24) is 0 Å². The highest BCUT2D eigenvalue weighted by molar-refractivity contribution is 8.00. The van der Waals surface area contributed by atoms with E-state index in [9.17, 15) is 13.6 Å². The summed E-state index contributed by atoms with van der Waals surface area (Å²) in [6.45, 7) is 0. The van der Waals surface area contributed by atoms with Crippen molar-refractivity contribution in [2.75, 3.05) is 16.9 Å². The molecular weight excluding hydrogens is 324 g/mol. The van der Waals surface area contributed by atoms with E-state index in [-0.39, 0.29) is 22.7 Å². The van der Waals surface area contributed by atoms with Crippen LogP contribution in [-0.2, 0) is 4.79 Å². The van der Waals surface area contributed by atoms with Crippen LogP contribution in [0.5, 0.6) is 0 Å². The third-order valence-corrected chi connectivity index (χ3v) is 5.39. The number of rotatable bonds is 3. The smallest absolute Gasteiger partial charge is 0.238 e. The number of halogens is 2. The number of anilines is 1. The normalized spacial score (nSPS) is 18.0. The van der Waals surface area contributed by atoms with E-state index >= 15 is 0 Å². The van der Waals surface area contributed by atoms with Gasteiger partial charge in [-0.2, -0.15) is 0 Å². The van der Waals surface area contributed by atoms with Gasteiger partial charge in [-0.25, -0.2) is 8.78 Å². The third kappa shape index (κ3) is 2.85. The monoisotopic (exact) mass is 337 g/mol. The fraction of sp³-hybridized carbons (Fsp3) is 0.188. The third-order valence-electron chi connectivity index (χ3n) is 3.44. The first-order valence-corrected chi connectivity index (χ1v) is 8.90. The molecule has 0 N–H and O–H groups in total. The van der Waals surface area contributed by atoms with Gasteiger partial charge in [0.15, 0.2) is 0 Å². The molecule has 3 rings (SSSR count). The van der Waals surface area contributed by atoms with E-state index in [1.165, 1.54) is 28.8 Å². The average molecular weight is 337 g/mol. The number of carbonyl (C=O) groups is 1. The molecule has 22 heavy (non-hydrogen) atoms. The van der Waals surface area contributed by atoms with E-state index in [4.69, 9.17) is 0 Å². The Morgan fingerprint density at radius 1 is 1.18 bits per heavy atom. The summed E-state index contributed by atoms with van der Waals surface area (Å²) in [7, 11) is 0. The number of benzene rings is 2. The van der Waals surface area contributed by atoms with Crippen molar-refractivity contribution < 1.29 is 13.6 Å². The molecule has 1 heterocycles. The Balaban J connectivity index is 1.98. The van der Waals surface area contributed by atoms with Gasteiger partial charge in [-0.05, 0) is 36.1 Å². The first kappa shape index (κ1) is 15.4. The van der Waals surface area contributed by atoms with Gasteiger partial charge in [-0.15, -0.1) is 23.5 Å².